The molecule has 3 rings (SSSR count). The van der Waals surface area contributed by atoms with E-state index in [0.717, 1.165) is 18.4 Å². The number of halogens is 2. The summed E-state index contributed by atoms with van der Waals surface area (Å²) in [5.74, 6) is -1.54. The molecule has 0 aromatic heterocycles. The highest BCUT2D eigenvalue weighted by Gasteiger charge is 2.38. The molecule has 0 aliphatic carbocycles. The van der Waals surface area contributed by atoms with Crippen LogP contribution < -0.4 is 5.32 Å². The Morgan fingerprint density at radius 1 is 1.15 bits per heavy atom. The van der Waals surface area contributed by atoms with Crippen molar-refractivity contribution in [3.05, 3.63) is 35.4 Å². The van der Waals surface area contributed by atoms with Crippen LogP contribution in [0.2, 0.25) is 0 Å². The first kappa shape index (κ1) is 14.0. The molecule has 2 saturated heterocycles. The number of benzene rings is 1. The summed E-state index contributed by atoms with van der Waals surface area (Å²) in [6.45, 7) is 2.02. The lowest BCUT2D eigenvalue weighted by molar-refractivity contribution is 0.144. The smallest absolute Gasteiger partial charge is 0.159 e. The molecule has 1 aromatic rings. The maximum Gasteiger partial charge on any atom is 0.159 e. The lowest BCUT2D eigenvalue weighted by Crippen LogP contribution is -2.47. The van der Waals surface area contributed by atoms with Crippen molar-refractivity contribution in [2.24, 2.45) is 0 Å². The third-order valence-corrected chi connectivity index (χ3v) is 5.03. The van der Waals surface area contributed by atoms with Crippen molar-refractivity contribution >= 4 is 0 Å². The van der Waals surface area contributed by atoms with E-state index in [-0.39, 0.29) is 6.04 Å². The predicted octanol–water partition coefficient (Wildman–Crippen LogP) is 3.24. The second-order valence-corrected chi connectivity index (χ2v) is 6.28. The molecule has 0 saturated carbocycles. The molecule has 1 aromatic carbocycles. The van der Waals surface area contributed by atoms with E-state index in [4.69, 9.17) is 0 Å². The first-order chi connectivity index (χ1) is 9.54. The summed E-state index contributed by atoms with van der Waals surface area (Å²) in [6.07, 6.45) is 4.89. The molecule has 0 amide bonds. The molecule has 2 nitrogen and oxygen atoms in total. The van der Waals surface area contributed by atoms with Crippen molar-refractivity contribution in [2.45, 2.75) is 56.8 Å². The van der Waals surface area contributed by atoms with Crippen molar-refractivity contribution in [1.29, 1.82) is 0 Å². The molecule has 1 N–H and O–H groups in total. The number of hydrogen-bond donors (Lipinski definition) is 1. The quantitative estimate of drug-likeness (QED) is 0.914. The Labute approximate surface area is 119 Å². The van der Waals surface area contributed by atoms with E-state index >= 15 is 0 Å². The van der Waals surface area contributed by atoms with Crippen LogP contribution in [0.4, 0.5) is 8.78 Å². The van der Waals surface area contributed by atoms with Crippen LogP contribution in [0.5, 0.6) is 0 Å². The summed E-state index contributed by atoms with van der Waals surface area (Å²) in [6, 6.07) is 6.08. The Morgan fingerprint density at radius 2 is 1.80 bits per heavy atom. The Bertz CT molecular complexity index is 477. The largest absolute Gasteiger partial charge is 0.307 e. The normalized spacial score (nSPS) is 31.5. The molecule has 110 valence electrons. The van der Waals surface area contributed by atoms with E-state index in [1.165, 1.54) is 25.0 Å². The van der Waals surface area contributed by atoms with Gasteiger partial charge in [0.05, 0.1) is 0 Å². The molecule has 0 spiro atoms. The van der Waals surface area contributed by atoms with Gasteiger partial charge >= 0.3 is 0 Å². The monoisotopic (exact) mass is 280 g/mol. The van der Waals surface area contributed by atoms with E-state index in [9.17, 15) is 8.78 Å². The van der Waals surface area contributed by atoms with Crippen LogP contribution in [0, 0.1) is 11.6 Å². The van der Waals surface area contributed by atoms with Gasteiger partial charge in [-0.05, 0) is 57.4 Å². The minimum absolute atomic E-state index is 0.0536. The minimum Gasteiger partial charge on any atom is -0.307 e. The lowest BCUT2D eigenvalue weighted by Gasteiger charge is -2.38. The minimum atomic E-state index is -0.779. The van der Waals surface area contributed by atoms with E-state index in [0.29, 0.717) is 18.1 Å². The van der Waals surface area contributed by atoms with E-state index in [1.807, 2.05) is 6.92 Å². The zero-order valence-electron chi connectivity index (χ0n) is 12.1. The third kappa shape index (κ3) is 2.59. The molecule has 2 bridgehead atoms. The van der Waals surface area contributed by atoms with E-state index in [1.54, 1.807) is 6.07 Å². The topological polar surface area (TPSA) is 15.3 Å². The van der Waals surface area contributed by atoms with E-state index < -0.39 is 11.6 Å². The summed E-state index contributed by atoms with van der Waals surface area (Å²) < 4.78 is 26.3. The van der Waals surface area contributed by atoms with Gasteiger partial charge in [0.25, 0.3) is 0 Å². The number of piperidine rings is 1. The summed E-state index contributed by atoms with van der Waals surface area (Å²) in [5.41, 5.74) is 0.815. The van der Waals surface area contributed by atoms with Crippen molar-refractivity contribution < 1.29 is 8.78 Å². The van der Waals surface area contributed by atoms with Gasteiger partial charge in [0.2, 0.25) is 0 Å². The summed E-state index contributed by atoms with van der Waals surface area (Å²) in [5, 5.41) is 3.59. The molecule has 4 heteroatoms. The SMILES string of the molecule is CC(NC1CC2CCC(C1)N2C)c1ccc(F)c(F)c1. The standard InChI is InChI=1S/C16H22F2N2/c1-10(11-3-6-15(17)16(18)7-11)19-12-8-13-4-5-14(9-12)20(13)2/h3,6-7,10,12-14,19H,4-5,8-9H2,1-2H3. The van der Waals surface area contributed by atoms with Gasteiger partial charge in [-0.15, -0.1) is 0 Å². The molecule has 20 heavy (non-hydrogen) atoms. The predicted molar refractivity (Wildman–Crippen MR) is 75.5 cm³/mol. The molecule has 2 aliphatic rings. The maximum absolute atomic E-state index is 13.3. The first-order valence-electron chi connectivity index (χ1n) is 7.47. The van der Waals surface area contributed by atoms with Crippen LogP contribution in [-0.4, -0.2) is 30.1 Å². The number of nitrogens with zero attached hydrogens (tertiary/aromatic N) is 1. The molecule has 2 aliphatic heterocycles. The van der Waals surface area contributed by atoms with Crippen LogP contribution >= 0.6 is 0 Å². The molecule has 3 atom stereocenters. The van der Waals surface area contributed by atoms with Gasteiger partial charge in [0.1, 0.15) is 0 Å². The van der Waals surface area contributed by atoms with Gasteiger partial charge < -0.3 is 10.2 Å². The average Bonchev–Trinajstić information content (AvgIpc) is 2.64. The number of fused-ring (bicyclic) bond motifs is 2. The molecular weight excluding hydrogens is 258 g/mol. The molecule has 2 fully saturated rings. The van der Waals surface area contributed by atoms with Gasteiger partial charge in [0.15, 0.2) is 11.6 Å². The fourth-order valence-corrected chi connectivity index (χ4v) is 3.78. The lowest BCUT2D eigenvalue weighted by atomic mass is 9.96. The Kier molecular flexibility index (Phi) is 3.78. The van der Waals surface area contributed by atoms with Crippen molar-refractivity contribution in [2.75, 3.05) is 7.05 Å². The summed E-state index contributed by atoms with van der Waals surface area (Å²) in [7, 11) is 2.22. The van der Waals surface area contributed by atoms with E-state index in [2.05, 4.69) is 17.3 Å². The molecule has 0 radical (unpaired) electrons. The molecule has 3 unspecified atom stereocenters. The van der Waals surface area contributed by atoms with Crippen LogP contribution in [0.25, 0.3) is 0 Å². The van der Waals surface area contributed by atoms with Crippen LogP contribution in [0.1, 0.15) is 44.2 Å². The molecular formula is C16H22F2N2. The second kappa shape index (κ2) is 5.41. The van der Waals surface area contributed by atoms with Gasteiger partial charge in [-0.2, -0.15) is 0 Å². The van der Waals surface area contributed by atoms with Crippen LogP contribution in [0.15, 0.2) is 18.2 Å². The van der Waals surface area contributed by atoms with Crippen LogP contribution in [0.3, 0.4) is 0 Å². The third-order valence-electron chi connectivity index (χ3n) is 5.03. The zero-order chi connectivity index (χ0) is 14.3. The van der Waals surface area contributed by atoms with Crippen molar-refractivity contribution in [3.8, 4) is 0 Å². The number of nitrogens with one attached hydrogen (secondary N) is 1. The Morgan fingerprint density at radius 3 is 2.40 bits per heavy atom. The Hall–Kier alpha value is -1.00. The van der Waals surface area contributed by atoms with Crippen molar-refractivity contribution in [3.63, 3.8) is 0 Å². The molecule has 2 heterocycles. The highest BCUT2D eigenvalue weighted by molar-refractivity contribution is 5.21. The second-order valence-electron chi connectivity index (χ2n) is 6.28. The summed E-state index contributed by atoms with van der Waals surface area (Å²) >= 11 is 0. The highest BCUT2D eigenvalue weighted by Crippen LogP contribution is 2.35. The van der Waals surface area contributed by atoms with Crippen molar-refractivity contribution in [1.82, 2.24) is 10.2 Å². The zero-order valence-corrected chi connectivity index (χ0v) is 12.1. The van der Waals surface area contributed by atoms with Crippen LogP contribution in [-0.2, 0) is 0 Å². The summed E-state index contributed by atoms with van der Waals surface area (Å²) in [4.78, 5) is 2.50. The fourth-order valence-electron chi connectivity index (χ4n) is 3.78. The van der Waals surface area contributed by atoms with Gasteiger partial charge in [-0.3, -0.25) is 0 Å². The highest BCUT2D eigenvalue weighted by atomic mass is 19.2. The average molecular weight is 280 g/mol. The Balaban J connectivity index is 1.64. The maximum atomic E-state index is 13.3. The fraction of sp³-hybridized carbons (Fsp3) is 0.625. The number of hydrogen-bond acceptors (Lipinski definition) is 2. The van der Waals surface area contributed by atoms with Gasteiger partial charge in [-0.25, -0.2) is 8.78 Å². The first-order valence-corrected chi connectivity index (χ1v) is 7.47. The number of rotatable bonds is 3. The van der Waals surface area contributed by atoms with Gasteiger partial charge in [-0.1, -0.05) is 6.07 Å². The van der Waals surface area contributed by atoms with Gasteiger partial charge in [0, 0.05) is 24.2 Å².